The molecule has 0 spiro atoms. The molecule has 4 rings (SSSR count). The monoisotopic (exact) mass is 347 g/mol. The number of para-hydroxylation sites is 1. The number of nitrogens with zero attached hydrogens (tertiary/aromatic N) is 1. The van der Waals surface area contributed by atoms with Gasteiger partial charge in [0.2, 0.25) is 0 Å². The van der Waals surface area contributed by atoms with Crippen LogP contribution in [0.25, 0.3) is 10.9 Å². The van der Waals surface area contributed by atoms with Crippen molar-refractivity contribution >= 4 is 22.5 Å². The predicted octanol–water partition coefficient (Wildman–Crippen LogP) is 5.92. The van der Waals surface area contributed by atoms with E-state index in [0.717, 1.165) is 28.4 Å². The molecule has 0 aliphatic rings. The molecule has 1 aromatic heterocycles. The molecule has 0 saturated carbocycles. The molecule has 4 aromatic rings. The summed E-state index contributed by atoms with van der Waals surface area (Å²) in [6.07, 6.45) is 2.11. The number of rotatable bonds is 5. The van der Waals surface area contributed by atoms with Gasteiger partial charge in [0.15, 0.2) is 0 Å². The SMILES string of the molecule is Clc1ccc(Cn2ccc3cccc(OCc4ccccc4)c32)cc1. The first kappa shape index (κ1) is 15.8. The van der Waals surface area contributed by atoms with E-state index in [-0.39, 0.29) is 0 Å². The first-order valence-electron chi connectivity index (χ1n) is 8.28. The third kappa shape index (κ3) is 3.54. The zero-order valence-electron chi connectivity index (χ0n) is 13.7. The van der Waals surface area contributed by atoms with E-state index in [1.54, 1.807) is 0 Å². The van der Waals surface area contributed by atoms with Crippen molar-refractivity contribution in [1.29, 1.82) is 0 Å². The molecule has 0 bridgehead atoms. The van der Waals surface area contributed by atoms with Crippen LogP contribution in [-0.2, 0) is 13.2 Å². The van der Waals surface area contributed by atoms with Gasteiger partial charge in [0.25, 0.3) is 0 Å². The van der Waals surface area contributed by atoms with Crippen molar-refractivity contribution in [2.24, 2.45) is 0 Å². The van der Waals surface area contributed by atoms with Crippen LogP contribution in [0.1, 0.15) is 11.1 Å². The normalized spacial score (nSPS) is 10.9. The van der Waals surface area contributed by atoms with Gasteiger partial charge in [-0.2, -0.15) is 0 Å². The number of aromatic nitrogens is 1. The second kappa shape index (κ2) is 7.04. The maximum Gasteiger partial charge on any atom is 0.144 e. The molecule has 2 nitrogen and oxygen atoms in total. The van der Waals surface area contributed by atoms with Gasteiger partial charge in [-0.05, 0) is 35.4 Å². The summed E-state index contributed by atoms with van der Waals surface area (Å²) in [7, 11) is 0. The second-order valence-electron chi connectivity index (χ2n) is 6.04. The maximum absolute atomic E-state index is 6.12. The highest BCUT2D eigenvalue weighted by Gasteiger charge is 2.08. The Morgan fingerprint density at radius 2 is 1.56 bits per heavy atom. The van der Waals surface area contributed by atoms with Crippen molar-refractivity contribution in [3.63, 3.8) is 0 Å². The van der Waals surface area contributed by atoms with Gasteiger partial charge in [0.05, 0.1) is 5.52 Å². The molecule has 124 valence electrons. The molecule has 0 saturated heterocycles. The quantitative estimate of drug-likeness (QED) is 0.437. The van der Waals surface area contributed by atoms with Gasteiger partial charge in [0, 0.05) is 23.2 Å². The van der Waals surface area contributed by atoms with Crippen molar-refractivity contribution in [2.75, 3.05) is 0 Å². The van der Waals surface area contributed by atoms with Gasteiger partial charge in [-0.15, -0.1) is 0 Å². The highest BCUT2D eigenvalue weighted by Crippen LogP contribution is 2.28. The van der Waals surface area contributed by atoms with Crippen LogP contribution in [0.5, 0.6) is 5.75 Å². The third-order valence-electron chi connectivity index (χ3n) is 4.25. The molecule has 3 heteroatoms. The van der Waals surface area contributed by atoms with Gasteiger partial charge >= 0.3 is 0 Å². The lowest BCUT2D eigenvalue weighted by Gasteiger charge is -2.12. The zero-order valence-corrected chi connectivity index (χ0v) is 14.5. The summed E-state index contributed by atoms with van der Waals surface area (Å²) in [4.78, 5) is 0. The molecule has 25 heavy (non-hydrogen) atoms. The molecule has 0 amide bonds. The lowest BCUT2D eigenvalue weighted by Crippen LogP contribution is -2.01. The number of halogens is 1. The second-order valence-corrected chi connectivity index (χ2v) is 6.47. The van der Waals surface area contributed by atoms with Crippen LogP contribution in [0.15, 0.2) is 85.1 Å². The van der Waals surface area contributed by atoms with Crippen molar-refractivity contribution in [3.8, 4) is 5.75 Å². The van der Waals surface area contributed by atoms with Gasteiger partial charge < -0.3 is 9.30 Å². The molecule has 3 aromatic carbocycles. The largest absolute Gasteiger partial charge is 0.487 e. The van der Waals surface area contributed by atoms with Crippen molar-refractivity contribution < 1.29 is 4.74 Å². The Hall–Kier alpha value is -2.71. The van der Waals surface area contributed by atoms with Crippen LogP contribution in [0.4, 0.5) is 0 Å². The minimum atomic E-state index is 0.562. The first-order valence-corrected chi connectivity index (χ1v) is 8.66. The Morgan fingerprint density at radius 3 is 2.36 bits per heavy atom. The number of ether oxygens (including phenoxy) is 1. The molecule has 1 heterocycles. The Bertz CT molecular complexity index is 974. The third-order valence-corrected chi connectivity index (χ3v) is 4.51. The zero-order chi connectivity index (χ0) is 17.1. The Morgan fingerprint density at radius 1 is 0.760 bits per heavy atom. The first-order chi connectivity index (χ1) is 12.3. The molecule has 0 radical (unpaired) electrons. The lowest BCUT2D eigenvalue weighted by atomic mass is 10.2. The standard InChI is InChI=1S/C22H18ClNO/c23-20-11-9-17(10-12-20)15-24-14-13-19-7-4-8-21(22(19)24)25-16-18-5-2-1-3-6-18/h1-14H,15-16H2. The maximum atomic E-state index is 6.12. The molecule has 0 aliphatic heterocycles. The molecule has 0 aliphatic carbocycles. The van der Waals surface area contributed by atoms with Crippen LogP contribution in [0, 0.1) is 0 Å². The minimum absolute atomic E-state index is 0.562. The highest BCUT2D eigenvalue weighted by atomic mass is 35.5. The van der Waals surface area contributed by atoms with E-state index in [9.17, 15) is 0 Å². The van der Waals surface area contributed by atoms with Crippen molar-refractivity contribution in [3.05, 3.63) is 101 Å². The summed E-state index contributed by atoms with van der Waals surface area (Å²) in [5, 5.41) is 1.94. The van der Waals surface area contributed by atoms with Crippen LogP contribution in [-0.4, -0.2) is 4.57 Å². The topological polar surface area (TPSA) is 14.2 Å². The van der Waals surface area contributed by atoms with E-state index in [2.05, 4.69) is 47.2 Å². The fraction of sp³-hybridized carbons (Fsp3) is 0.0909. The van der Waals surface area contributed by atoms with Crippen LogP contribution < -0.4 is 4.74 Å². The predicted molar refractivity (Wildman–Crippen MR) is 103 cm³/mol. The van der Waals surface area contributed by atoms with E-state index in [4.69, 9.17) is 16.3 Å². The molecule has 0 N–H and O–H groups in total. The van der Waals surface area contributed by atoms with Crippen LogP contribution >= 0.6 is 11.6 Å². The van der Waals surface area contributed by atoms with E-state index < -0.39 is 0 Å². The smallest absolute Gasteiger partial charge is 0.144 e. The van der Waals surface area contributed by atoms with E-state index in [0.29, 0.717) is 6.61 Å². The highest BCUT2D eigenvalue weighted by molar-refractivity contribution is 6.30. The van der Waals surface area contributed by atoms with Crippen molar-refractivity contribution in [1.82, 2.24) is 4.57 Å². The van der Waals surface area contributed by atoms with Crippen molar-refractivity contribution in [2.45, 2.75) is 13.2 Å². The Kier molecular flexibility index (Phi) is 4.45. The summed E-state index contributed by atoms with van der Waals surface area (Å²) in [6.45, 7) is 1.35. The summed E-state index contributed by atoms with van der Waals surface area (Å²) in [5.41, 5.74) is 3.49. The number of hydrogen-bond acceptors (Lipinski definition) is 1. The molecule has 0 fully saturated rings. The van der Waals surface area contributed by atoms with E-state index in [1.165, 1.54) is 10.9 Å². The Balaban J connectivity index is 1.63. The van der Waals surface area contributed by atoms with Gasteiger partial charge in [-0.1, -0.05) is 66.2 Å². The number of hydrogen-bond donors (Lipinski definition) is 0. The van der Waals surface area contributed by atoms with Gasteiger partial charge in [-0.25, -0.2) is 0 Å². The number of fused-ring (bicyclic) bond motifs is 1. The summed E-state index contributed by atoms with van der Waals surface area (Å²) in [5.74, 6) is 0.903. The molecule has 0 unspecified atom stereocenters. The summed E-state index contributed by atoms with van der Waals surface area (Å²) < 4.78 is 8.34. The molecular weight excluding hydrogens is 330 g/mol. The van der Waals surface area contributed by atoms with Crippen LogP contribution in [0.2, 0.25) is 5.02 Å². The van der Waals surface area contributed by atoms with Gasteiger partial charge in [0.1, 0.15) is 12.4 Å². The summed E-state index contributed by atoms with van der Waals surface area (Å²) >= 11 is 5.99. The molecular formula is C22H18ClNO. The van der Waals surface area contributed by atoms with Crippen LogP contribution in [0.3, 0.4) is 0 Å². The van der Waals surface area contributed by atoms with Gasteiger partial charge in [-0.3, -0.25) is 0 Å². The fourth-order valence-corrected chi connectivity index (χ4v) is 3.12. The van der Waals surface area contributed by atoms with E-state index >= 15 is 0 Å². The average Bonchev–Trinajstić information content (AvgIpc) is 3.06. The Labute approximate surface area is 152 Å². The fourth-order valence-electron chi connectivity index (χ4n) is 3.00. The lowest BCUT2D eigenvalue weighted by molar-refractivity contribution is 0.308. The molecule has 0 atom stereocenters. The van der Waals surface area contributed by atoms with E-state index in [1.807, 2.05) is 42.5 Å². The summed E-state index contributed by atoms with van der Waals surface area (Å²) in [6, 6.07) is 26.5. The average molecular weight is 348 g/mol. The number of benzene rings is 3. The minimum Gasteiger partial charge on any atom is -0.487 e.